The van der Waals surface area contributed by atoms with Gasteiger partial charge in [0.05, 0.1) is 11.7 Å². The first-order valence-electron chi connectivity index (χ1n) is 6.77. The molecule has 0 aliphatic carbocycles. The van der Waals surface area contributed by atoms with Crippen molar-refractivity contribution >= 4 is 34.4 Å². The number of halogens is 2. The lowest BCUT2D eigenvalue weighted by Gasteiger charge is -2.19. The van der Waals surface area contributed by atoms with Gasteiger partial charge in [-0.2, -0.15) is 0 Å². The second-order valence-electron chi connectivity index (χ2n) is 4.73. The predicted octanol–water partition coefficient (Wildman–Crippen LogP) is 3.49. The zero-order valence-corrected chi connectivity index (χ0v) is 13.2. The molecule has 3 heterocycles. The van der Waals surface area contributed by atoms with Crippen LogP contribution >= 0.6 is 23.2 Å². The maximum absolute atomic E-state index is 12.5. The van der Waals surface area contributed by atoms with E-state index in [2.05, 4.69) is 15.0 Å². The fourth-order valence-electron chi connectivity index (χ4n) is 2.42. The molecular formula is C15H12Cl2N4O. The van der Waals surface area contributed by atoms with E-state index in [1.807, 2.05) is 25.1 Å². The maximum atomic E-state index is 12.5. The van der Waals surface area contributed by atoms with Crippen molar-refractivity contribution in [1.82, 2.24) is 19.5 Å². The number of hydrogen-bond donors (Lipinski definition) is 0. The summed E-state index contributed by atoms with van der Waals surface area (Å²) in [5, 5.41) is 0.201. The van der Waals surface area contributed by atoms with Crippen LogP contribution in [0.5, 0.6) is 0 Å². The summed E-state index contributed by atoms with van der Waals surface area (Å²) >= 11 is 12.0. The van der Waals surface area contributed by atoms with Crippen molar-refractivity contribution in [3.63, 3.8) is 0 Å². The first-order chi connectivity index (χ1) is 10.6. The molecule has 22 heavy (non-hydrogen) atoms. The van der Waals surface area contributed by atoms with Crippen LogP contribution in [-0.2, 0) is 0 Å². The summed E-state index contributed by atoms with van der Waals surface area (Å²) in [5.41, 5.74) is 1.28. The topological polar surface area (TPSA) is 60.7 Å². The Morgan fingerprint density at radius 2 is 2.00 bits per heavy atom. The lowest BCUT2D eigenvalue weighted by Crippen LogP contribution is -2.28. The molecule has 0 aliphatic rings. The molecule has 5 nitrogen and oxygen atoms in total. The fraction of sp³-hybridized carbons (Fsp3) is 0.200. The molecule has 0 fully saturated rings. The minimum Gasteiger partial charge on any atom is -0.279 e. The quantitative estimate of drug-likeness (QED) is 0.688. The summed E-state index contributed by atoms with van der Waals surface area (Å²) in [6.45, 7) is 1.97. The van der Waals surface area contributed by atoms with Crippen LogP contribution in [0.4, 0.5) is 0 Å². The van der Waals surface area contributed by atoms with Gasteiger partial charge in [-0.05, 0) is 30.7 Å². The first kappa shape index (κ1) is 14.9. The standard InChI is InChI=1S/C15H12Cl2N4O/c1-2-11(9-5-3-4-8-18-9)21-14-10(6-7-12(16)20-14)19-13(17)15(21)22/h3-8,11H,2H2,1H3. The molecular weight excluding hydrogens is 323 g/mol. The van der Waals surface area contributed by atoms with Gasteiger partial charge in [0, 0.05) is 6.20 Å². The van der Waals surface area contributed by atoms with Gasteiger partial charge in [-0.15, -0.1) is 0 Å². The van der Waals surface area contributed by atoms with Crippen LogP contribution in [0.1, 0.15) is 25.1 Å². The minimum absolute atomic E-state index is 0.0917. The van der Waals surface area contributed by atoms with E-state index in [0.29, 0.717) is 22.7 Å². The van der Waals surface area contributed by atoms with E-state index in [1.165, 1.54) is 4.57 Å². The summed E-state index contributed by atoms with van der Waals surface area (Å²) in [6, 6.07) is 8.59. The monoisotopic (exact) mass is 334 g/mol. The average molecular weight is 335 g/mol. The first-order valence-corrected chi connectivity index (χ1v) is 7.52. The largest absolute Gasteiger partial charge is 0.290 e. The zero-order valence-electron chi connectivity index (χ0n) is 11.7. The summed E-state index contributed by atoms with van der Waals surface area (Å²) in [5.74, 6) is 0. The van der Waals surface area contributed by atoms with E-state index >= 15 is 0 Å². The number of hydrogen-bond acceptors (Lipinski definition) is 4. The minimum atomic E-state index is -0.401. The van der Waals surface area contributed by atoms with Gasteiger partial charge in [0.15, 0.2) is 10.8 Å². The highest BCUT2D eigenvalue weighted by Gasteiger charge is 2.20. The molecule has 0 saturated heterocycles. The SMILES string of the molecule is CCC(c1ccccn1)n1c(=O)c(Cl)nc2ccc(Cl)nc21. The van der Waals surface area contributed by atoms with E-state index in [9.17, 15) is 4.79 Å². The van der Waals surface area contributed by atoms with Gasteiger partial charge in [-0.25, -0.2) is 9.97 Å². The molecule has 1 atom stereocenters. The Kier molecular flexibility index (Phi) is 4.09. The molecule has 3 rings (SSSR count). The number of rotatable bonds is 3. The Morgan fingerprint density at radius 1 is 1.18 bits per heavy atom. The van der Waals surface area contributed by atoms with Crippen LogP contribution in [-0.4, -0.2) is 19.5 Å². The van der Waals surface area contributed by atoms with Crippen molar-refractivity contribution in [2.75, 3.05) is 0 Å². The predicted molar refractivity (Wildman–Crippen MR) is 86.5 cm³/mol. The molecule has 3 aromatic heterocycles. The second kappa shape index (κ2) is 6.02. The lowest BCUT2D eigenvalue weighted by atomic mass is 10.1. The molecule has 112 valence electrons. The van der Waals surface area contributed by atoms with Crippen molar-refractivity contribution in [3.05, 3.63) is 62.9 Å². The van der Waals surface area contributed by atoms with Gasteiger partial charge in [0.25, 0.3) is 5.56 Å². The number of aromatic nitrogens is 4. The Labute approximate surface area is 136 Å². The third-order valence-electron chi connectivity index (χ3n) is 3.39. The van der Waals surface area contributed by atoms with Crippen molar-refractivity contribution in [2.45, 2.75) is 19.4 Å². The summed E-state index contributed by atoms with van der Waals surface area (Å²) < 4.78 is 1.51. The van der Waals surface area contributed by atoms with Crippen LogP contribution in [0.2, 0.25) is 10.3 Å². The van der Waals surface area contributed by atoms with Gasteiger partial charge < -0.3 is 0 Å². The normalized spacial score (nSPS) is 12.5. The van der Waals surface area contributed by atoms with Gasteiger partial charge in [-0.3, -0.25) is 14.3 Å². The summed E-state index contributed by atoms with van der Waals surface area (Å²) in [6.07, 6.45) is 2.34. The van der Waals surface area contributed by atoms with Gasteiger partial charge in [0.2, 0.25) is 0 Å². The smallest absolute Gasteiger partial charge is 0.279 e. The van der Waals surface area contributed by atoms with Gasteiger partial charge in [0.1, 0.15) is 10.7 Å². The number of fused-ring (bicyclic) bond motifs is 1. The molecule has 7 heteroatoms. The highest BCUT2D eigenvalue weighted by molar-refractivity contribution is 6.30. The van der Waals surface area contributed by atoms with Crippen molar-refractivity contribution in [3.8, 4) is 0 Å². The van der Waals surface area contributed by atoms with Crippen LogP contribution in [0.25, 0.3) is 11.2 Å². The summed E-state index contributed by atoms with van der Waals surface area (Å²) in [7, 11) is 0. The highest BCUT2D eigenvalue weighted by Crippen LogP contribution is 2.23. The third-order valence-corrected chi connectivity index (χ3v) is 3.85. The van der Waals surface area contributed by atoms with Crippen LogP contribution in [0.3, 0.4) is 0 Å². The fourth-order valence-corrected chi connectivity index (χ4v) is 2.74. The molecule has 0 amide bonds. The van der Waals surface area contributed by atoms with Crippen LogP contribution in [0.15, 0.2) is 41.3 Å². The Balaban J connectivity index is 2.35. The summed E-state index contributed by atoms with van der Waals surface area (Å²) in [4.78, 5) is 25.2. The number of nitrogens with zero attached hydrogens (tertiary/aromatic N) is 4. The number of pyridine rings is 2. The Hall–Kier alpha value is -1.98. The third kappa shape index (κ3) is 2.58. The van der Waals surface area contributed by atoms with Gasteiger partial charge in [-0.1, -0.05) is 36.2 Å². The lowest BCUT2D eigenvalue weighted by molar-refractivity contribution is 0.547. The molecule has 0 saturated carbocycles. The average Bonchev–Trinajstić information content (AvgIpc) is 2.53. The molecule has 0 spiro atoms. The molecule has 3 aromatic rings. The van der Waals surface area contributed by atoms with E-state index < -0.39 is 5.56 Å². The van der Waals surface area contributed by atoms with E-state index in [4.69, 9.17) is 23.2 Å². The molecule has 0 radical (unpaired) electrons. The van der Waals surface area contributed by atoms with Crippen molar-refractivity contribution < 1.29 is 0 Å². The maximum Gasteiger partial charge on any atom is 0.290 e. The van der Waals surface area contributed by atoms with Crippen molar-refractivity contribution in [1.29, 1.82) is 0 Å². The van der Waals surface area contributed by atoms with Crippen LogP contribution < -0.4 is 5.56 Å². The van der Waals surface area contributed by atoms with E-state index in [-0.39, 0.29) is 11.2 Å². The zero-order chi connectivity index (χ0) is 15.7. The van der Waals surface area contributed by atoms with Crippen LogP contribution in [0, 0.1) is 0 Å². The molecule has 0 aromatic carbocycles. The second-order valence-corrected chi connectivity index (χ2v) is 5.48. The molecule has 0 bridgehead atoms. The Morgan fingerprint density at radius 3 is 2.68 bits per heavy atom. The van der Waals surface area contributed by atoms with E-state index in [0.717, 1.165) is 5.69 Å². The van der Waals surface area contributed by atoms with Gasteiger partial charge >= 0.3 is 0 Å². The molecule has 1 unspecified atom stereocenters. The highest BCUT2D eigenvalue weighted by atomic mass is 35.5. The Bertz CT molecular complexity index is 880. The molecule has 0 N–H and O–H groups in total. The molecule has 0 aliphatic heterocycles. The van der Waals surface area contributed by atoms with Crippen molar-refractivity contribution in [2.24, 2.45) is 0 Å². The van der Waals surface area contributed by atoms with E-state index in [1.54, 1.807) is 18.3 Å².